The van der Waals surface area contributed by atoms with Crippen LogP contribution in [-0.2, 0) is 9.59 Å². The predicted octanol–water partition coefficient (Wildman–Crippen LogP) is 5.06. The summed E-state index contributed by atoms with van der Waals surface area (Å²) in [5.41, 5.74) is 1.87. The fourth-order valence-electron chi connectivity index (χ4n) is 2.60. The molecule has 0 spiro atoms. The van der Waals surface area contributed by atoms with Gasteiger partial charge in [0.05, 0.1) is 0 Å². The summed E-state index contributed by atoms with van der Waals surface area (Å²) in [5.74, 6) is 0.317. The highest BCUT2D eigenvalue weighted by molar-refractivity contribution is 7.23. The van der Waals surface area contributed by atoms with Gasteiger partial charge in [-0.3, -0.25) is 9.59 Å². The summed E-state index contributed by atoms with van der Waals surface area (Å²) in [5, 5.41) is 5.53. The van der Waals surface area contributed by atoms with Gasteiger partial charge in [-0.1, -0.05) is 60.7 Å². The number of benzene rings is 2. The smallest absolute Gasteiger partial charge is 0.249 e. The molecule has 0 unspecified atom stereocenters. The molecule has 0 saturated carbocycles. The Morgan fingerprint density at radius 1 is 0.667 bits per heavy atom. The van der Waals surface area contributed by atoms with E-state index in [1.165, 1.54) is 35.2 Å². The third-order valence-electron chi connectivity index (χ3n) is 4.03. The van der Waals surface area contributed by atoms with Gasteiger partial charge in [-0.2, -0.15) is 8.75 Å². The minimum Gasteiger partial charge on any atom is -0.305 e. The van der Waals surface area contributed by atoms with Gasteiger partial charge >= 0.3 is 0 Å². The van der Waals surface area contributed by atoms with E-state index >= 15 is 0 Å². The van der Waals surface area contributed by atoms with Crippen molar-refractivity contribution in [1.82, 2.24) is 8.75 Å². The van der Waals surface area contributed by atoms with Crippen molar-refractivity contribution in [2.45, 2.75) is 0 Å². The van der Waals surface area contributed by atoms with E-state index < -0.39 is 0 Å². The molecule has 2 heterocycles. The lowest BCUT2D eigenvalue weighted by molar-refractivity contribution is -0.112. The first kappa shape index (κ1) is 19.7. The van der Waals surface area contributed by atoms with Crippen LogP contribution in [0.3, 0.4) is 0 Å². The number of nitrogens with zero attached hydrogens (tertiary/aromatic N) is 2. The molecule has 0 aliphatic rings. The summed E-state index contributed by atoms with van der Waals surface area (Å²) >= 11 is 2.36. The van der Waals surface area contributed by atoms with E-state index in [9.17, 15) is 9.59 Å². The van der Waals surface area contributed by atoms with Gasteiger partial charge in [0.15, 0.2) is 11.6 Å². The summed E-state index contributed by atoms with van der Waals surface area (Å²) in [6.45, 7) is 0. The molecule has 2 amide bonds. The van der Waals surface area contributed by atoms with Gasteiger partial charge in [-0.15, -0.1) is 0 Å². The number of carbonyl (C=O) groups excluding carboxylic acids is 2. The van der Waals surface area contributed by atoms with Crippen LogP contribution < -0.4 is 10.6 Å². The molecule has 0 aliphatic heterocycles. The first-order valence-corrected chi connectivity index (χ1v) is 10.6. The van der Waals surface area contributed by atoms with Crippen molar-refractivity contribution < 1.29 is 9.59 Å². The van der Waals surface area contributed by atoms with E-state index in [1.807, 2.05) is 60.7 Å². The number of fused-ring (bicyclic) bond motifs is 1. The van der Waals surface area contributed by atoms with Crippen LogP contribution in [0.15, 0.2) is 72.8 Å². The standard InChI is InChI=1S/C22H16N4O2S2/c27-17(13-11-15-7-3-1-4-8-15)23-21-19-20(30-25-21)22(26-29-19)24-18(28)14-12-16-9-5-2-6-10-16/h1-14H,(H,23,25,27)(H,24,26,28). The molecule has 0 bridgehead atoms. The van der Waals surface area contributed by atoms with Crippen LogP contribution in [0.25, 0.3) is 21.6 Å². The fraction of sp³-hybridized carbons (Fsp3) is 0. The molecule has 6 nitrogen and oxygen atoms in total. The molecule has 0 fully saturated rings. The van der Waals surface area contributed by atoms with Crippen molar-refractivity contribution in [3.05, 3.63) is 83.9 Å². The second-order valence-corrected chi connectivity index (χ2v) is 7.73. The summed E-state index contributed by atoms with van der Waals surface area (Å²) in [4.78, 5) is 24.4. The predicted molar refractivity (Wildman–Crippen MR) is 124 cm³/mol. The van der Waals surface area contributed by atoms with Gasteiger partial charge in [0.25, 0.3) is 0 Å². The van der Waals surface area contributed by atoms with Crippen molar-refractivity contribution >= 4 is 68.1 Å². The maximum atomic E-state index is 12.2. The van der Waals surface area contributed by atoms with E-state index in [0.29, 0.717) is 11.6 Å². The largest absolute Gasteiger partial charge is 0.305 e. The quantitative estimate of drug-likeness (QED) is 0.417. The normalized spacial score (nSPS) is 11.3. The van der Waals surface area contributed by atoms with Crippen LogP contribution in [0, 0.1) is 0 Å². The lowest BCUT2D eigenvalue weighted by atomic mass is 10.2. The Bertz CT molecular complexity index is 1130. The summed E-state index contributed by atoms with van der Waals surface area (Å²) < 4.78 is 10.0. The second-order valence-electron chi connectivity index (χ2n) is 6.19. The van der Waals surface area contributed by atoms with Crippen LogP contribution >= 0.6 is 23.1 Å². The minimum atomic E-state index is -0.282. The van der Waals surface area contributed by atoms with Gasteiger partial charge in [0, 0.05) is 12.2 Å². The number of anilines is 2. The van der Waals surface area contributed by atoms with Gasteiger partial charge < -0.3 is 10.6 Å². The average molecular weight is 433 g/mol. The number of carbonyl (C=O) groups is 2. The monoisotopic (exact) mass is 432 g/mol. The lowest BCUT2D eigenvalue weighted by Crippen LogP contribution is -2.08. The topological polar surface area (TPSA) is 84.0 Å². The van der Waals surface area contributed by atoms with E-state index in [1.54, 1.807) is 12.2 Å². The van der Waals surface area contributed by atoms with Crippen molar-refractivity contribution in [1.29, 1.82) is 0 Å². The molecular formula is C22H16N4O2S2. The Labute approximate surface area is 180 Å². The van der Waals surface area contributed by atoms with Crippen molar-refractivity contribution in [2.75, 3.05) is 10.6 Å². The zero-order valence-corrected chi connectivity index (χ0v) is 17.2. The molecule has 0 aliphatic carbocycles. The first-order chi connectivity index (χ1) is 14.7. The molecule has 2 aromatic carbocycles. The third kappa shape index (κ3) is 4.86. The number of hydrogen-bond donors (Lipinski definition) is 2. The van der Waals surface area contributed by atoms with E-state index in [0.717, 1.165) is 20.5 Å². The number of rotatable bonds is 6. The van der Waals surface area contributed by atoms with E-state index in [2.05, 4.69) is 19.4 Å². The lowest BCUT2D eigenvalue weighted by Gasteiger charge is -1.96. The number of amides is 2. The first-order valence-electron chi connectivity index (χ1n) is 9.02. The molecule has 2 N–H and O–H groups in total. The van der Waals surface area contributed by atoms with Crippen LogP contribution in [0.5, 0.6) is 0 Å². The van der Waals surface area contributed by atoms with Gasteiger partial charge in [-0.25, -0.2) is 0 Å². The Morgan fingerprint density at radius 3 is 1.47 bits per heavy atom. The molecule has 8 heteroatoms. The number of hydrogen-bond acceptors (Lipinski definition) is 6. The summed E-state index contributed by atoms with van der Waals surface area (Å²) in [6.07, 6.45) is 6.38. The van der Waals surface area contributed by atoms with Crippen molar-refractivity contribution in [3.8, 4) is 0 Å². The van der Waals surface area contributed by atoms with Gasteiger partial charge in [0.2, 0.25) is 11.8 Å². The highest BCUT2D eigenvalue weighted by atomic mass is 32.1. The number of aromatic nitrogens is 2. The molecule has 30 heavy (non-hydrogen) atoms. The minimum absolute atomic E-state index is 0.282. The zero-order valence-electron chi connectivity index (χ0n) is 15.6. The molecule has 4 aromatic rings. The maximum Gasteiger partial charge on any atom is 0.249 e. The van der Waals surface area contributed by atoms with Crippen LogP contribution in [-0.4, -0.2) is 20.6 Å². The fourth-order valence-corrected chi connectivity index (χ4v) is 4.30. The third-order valence-corrected chi connectivity index (χ3v) is 5.87. The Hall–Kier alpha value is -3.62. The van der Waals surface area contributed by atoms with E-state index in [4.69, 9.17) is 0 Å². The molecule has 0 radical (unpaired) electrons. The highest BCUT2D eigenvalue weighted by Crippen LogP contribution is 2.36. The maximum absolute atomic E-state index is 12.2. The Balaban J connectivity index is 1.42. The molecule has 4 rings (SSSR count). The Morgan fingerprint density at radius 2 is 1.07 bits per heavy atom. The molecule has 2 aromatic heterocycles. The average Bonchev–Trinajstić information content (AvgIpc) is 3.36. The second kappa shape index (κ2) is 9.25. The molecule has 0 saturated heterocycles. The van der Waals surface area contributed by atoms with Gasteiger partial charge in [-0.05, 0) is 46.3 Å². The zero-order chi connectivity index (χ0) is 20.8. The molecule has 148 valence electrons. The van der Waals surface area contributed by atoms with Gasteiger partial charge in [0.1, 0.15) is 9.40 Å². The Kier molecular flexibility index (Phi) is 6.07. The van der Waals surface area contributed by atoms with E-state index in [-0.39, 0.29) is 11.8 Å². The van der Waals surface area contributed by atoms with Crippen LogP contribution in [0.1, 0.15) is 11.1 Å². The van der Waals surface area contributed by atoms with Crippen molar-refractivity contribution in [3.63, 3.8) is 0 Å². The van der Waals surface area contributed by atoms with Crippen molar-refractivity contribution in [2.24, 2.45) is 0 Å². The molecular weight excluding hydrogens is 416 g/mol. The summed E-state index contributed by atoms with van der Waals surface area (Å²) in [6, 6.07) is 19.1. The SMILES string of the molecule is O=C(C=Cc1ccccc1)Nc1nsc2c(NC(=O)C=Cc3ccccc3)nsc12. The highest BCUT2D eigenvalue weighted by Gasteiger charge is 2.16. The van der Waals surface area contributed by atoms with Crippen LogP contribution in [0.4, 0.5) is 11.6 Å². The number of nitrogens with one attached hydrogen (secondary N) is 2. The van der Waals surface area contributed by atoms with Crippen LogP contribution in [0.2, 0.25) is 0 Å². The molecule has 0 atom stereocenters. The summed E-state index contributed by atoms with van der Waals surface area (Å²) in [7, 11) is 0.